The van der Waals surface area contributed by atoms with Crippen LogP contribution in [0.5, 0.6) is 11.5 Å². The highest BCUT2D eigenvalue weighted by Gasteiger charge is 2.11. The summed E-state index contributed by atoms with van der Waals surface area (Å²) in [6, 6.07) is 8.11. The van der Waals surface area contributed by atoms with Gasteiger partial charge in [-0.2, -0.15) is 0 Å². The Morgan fingerprint density at radius 1 is 1.25 bits per heavy atom. The highest BCUT2D eigenvalue weighted by atomic mass is 35.5. The summed E-state index contributed by atoms with van der Waals surface area (Å²) in [5.74, 6) is -0.367. The molecule has 0 bridgehead atoms. The van der Waals surface area contributed by atoms with Crippen molar-refractivity contribution in [1.29, 1.82) is 0 Å². The molecule has 2 N–H and O–H groups in total. The molecule has 0 radical (unpaired) electrons. The number of hydrogen-bond donors (Lipinski definition) is 1. The Labute approximate surface area is 120 Å². The quantitative estimate of drug-likeness (QED) is 0.883. The number of anilines is 1. The predicted octanol–water partition coefficient (Wildman–Crippen LogP) is 3.26. The van der Waals surface area contributed by atoms with Gasteiger partial charge in [-0.25, -0.2) is 12.8 Å². The van der Waals surface area contributed by atoms with Crippen molar-refractivity contribution in [1.82, 2.24) is 0 Å². The number of hydrogen-bond acceptors (Lipinski definition) is 4. The second-order valence-electron chi connectivity index (χ2n) is 4.15. The molecule has 0 saturated heterocycles. The Morgan fingerprint density at radius 2 is 1.95 bits per heavy atom. The van der Waals surface area contributed by atoms with E-state index in [-0.39, 0.29) is 27.1 Å². The van der Waals surface area contributed by atoms with Gasteiger partial charge in [0, 0.05) is 12.3 Å². The fourth-order valence-corrected chi connectivity index (χ4v) is 2.36. The summed E-state index contributed by atoms with van der Waals surface area (Å²) < 4.78 is 41.7. The van der Waals surface area contributed by atoms with E-state index < -0.39 is 15.7 Å². The van der Waals surface area contributed by atoms with Crippen molar-refractivity contribution in [2.24, 2.45) is 0 Å². The van der Waals surface area contributed by atoms with Crippen LogP contribution in [0.3, 0.4) is 0 Å². The van der Waals surface area contributed by atoms with Gasteiger partial charge in [-0.1, -0.05) is 17.7 Å². The number of benzene rings is 2. The summed E-state index contributed by atoms with van der Waals surface area (Å²) in [6.45, 7) is 0. The van der Waals surface area contributed by atoms with Gasteiger partial charge in [-0.3, -0.25) is 0 Å². The highest BCUT2D eigenvalue weighted by molar-refractivity contribution is 7.90. The van der Waals surface area contributed by atoms with Crippen LogP contribution in [0.25, 0.3) is 0 Å². The van der Waals surface area contributed by atoms with Crippen LogP contribution in [0.4, 0.5) is 10.1 Å². The van der Waals surface area contributed by atoms with E-state index in [0.29, 0.717) is 0 Å². The van der Waals surface area contributed by atoms with Gasteiger partial charge in [0.2, 0.25) is 0 Å². The van der Waals surface area contributed by atoms with E-state index in [1.54, 1.807) is 6.07 Å². The molecular weight excluding hydrogens is 305 g/mol. The van der Waals surface area contributed by atoms with Crippen molar-refractivity contribution in [3.8, 4) is 11.5 Å². The van der Waals surface area contributed by atoms with E-state index in [1.807, 2.05) is 0 Å². The van der Waals surface area contributed by atoms with Gasteiger partial charge in [0.25, 0.3) is 0 Å². The molecule has 106 valence electrons. The highest BCUT2D eigenvalue weighted by Crippen LogP contribution is 2.32. The van der Waals surface area contributed by atoms with Crippen LogP contribution >= 0.6 is 11.6 Å². The Balaban J connectivity index is 2.38. The molecule has 7 heteroatoms. The van der Waals surface area contributed by atoms with Gasteiger partial charge in [-0.05, 0) is 24.3 Å². The molecule has 0 amide bonds. The van der Waals surface area contributed by atoms with Crippen molar-refractivity contribution in [3.63, 3.8) is 0 Å². The summed E-state index contributed by atoms with van der Waals surface area (Å²) >= 11 is 5.58. The molecule has 2 aromatic carbocycles. The van der Waals surface area contributed by atoms with Gasteiger partial charge in [-0.15, -0.1) is 0 Å². The van der Waals surface area contributed by atoms with Crippen LogP contribution in [0.1, 0.15) is 0 Å². The van der Waals surface area contributed by atoms with Crippen molar-refractivity contribution in [2.75, 3.05) is 12.0 Å². The van der Waals surface area contributed by atoms with Crippen molar-refractivity contribution in [2.45, 2.75) is 4.90 Å². The molecule has 20 heavy (non-hydrogen) atoms. The number of nitrogens with two attached hydrogens (primary N) is 1. The zero-order valence-corrected chi connectivity index (χ0v) is 12.0. The van der Waals surface area contributed by atoms with Crippen LogP contribution in [-0.4, -0.2) is 14.7 Å². The predicted molar refractivity (Wildman–Crippen MR) is 75.4 cm³/mol. The van der Waals surface area contributed by atoms with Crippen LogP contribution in [0.15, 0.2) is 41.3 Å². The monoisotopic (exact) mass is 315 g/mol. The number of sulfone groups is 1. The molecule has 0 aliphatic rings. The van der Waals surface area contributed by atoms with E-state index in [0.717, 1.165) is 12.3 Å². The molecule has 0 atom stereocenters. The SMILES string of the molecule is CS(=O)(=O)c1cccc(Oc2cc(F)c(Cl)cc2N)c1. The Kier molecular flexibility index (Phi) is 3.87. The molecule has 4 nitrogen and oxygen atoms in total. The summed E-state index contributed by atoms with van der Waals surface area (Å²) in [4.78, 5) is 0.100. The molecule has 0 heterocycles. The van der Waals surface area contributed by atoms with E-state index >= 15 is 0 Å². The third-order valence-corrected chi connectivity index (χ3v) is 3.91. The van der Waals surface area contributed by atoms with Crippen LogP contribution < -0.4 is 10.5 Å². The first kappa shape index (κ1) is 14.6. The third kappa shape index (κ3) is 3.20. The summed E-state index contributed by atoms with van der Waals surface area (Å²) in [7, 11) is -3.35. The number of ether oxygens (including phenoxy) is 1. The van der Waals surface area contributed by atoms with Crippen molar-refractivity contribution >= 4 is 27.1 Å². The summed E-state index contributed by atoms with van der Waals surface area (Å²) in [5.41, 5.74) is 5.82. The number of rotatable bonds is 3. The lowest BCUT2D eigenvalue weighted by Gasteiger charge is -2.10. The number of nitrogen functional groups attached to an aromatic ring is 1. The Bertz CT molecular complexity index is 762. The minimum absolute atomic E-state index is 0.0672. The Morgan fingerprint density at radius 3 is 2.60 bits per heavy atom. The second-order valence-corrected chi connectivity index (χ2v) is 6.58. The van der Waals surface area contributed by atoms with E-state index in [1.165, 1.54) is 24.3 Å². The van der Waals surface area contributed by atoms with Crippen molar-refractivity contribution in [3.05, 3.63) is 47.2 Å². The van der Waals surface area contributed by atoms with Gasteiger partial charge < -0.3 is 10.5 Å². The minimum Gasteiger partial charge on any atom is -0.455 e. The first-order chi connectivity index (χ1) is 9.27. The lowest BCUT2D eigenvalue weighted by molar-refractivity contribution is 0.477. The fourth-order valence-electron chi connectivity index (χ4n) is 1.53. The molecule has 2 aromatic rings. The first-order valence-electron chi connectivity index (χ1n) is 5.50. The van der Waals surface area contributed by atoms with E-state index in [2.05, 4.69) is 0 Å². The fraction of sp³-hybridized carbons (Fsp3) is 0.0769. The summed E-state index contributed by atoms with van der Waals surface area (Å²) in [5, 5.41) is -0.111. The Hall–Kier alpha value is -1.79. The molecule has 0 aliphatic heterocycles. The van der Waals surface area contributed by atoms with E-state index in [4.69, 9.17) is 22.1 Å². The van der Waals surface area contributed by atoms with Gasteiger partial charge in [0.1, 0.15) is 11.6 Å². The third-order valence-electron chi connectivity index (χ3n) is 2.51. The minimum atomic E-state index is -3.35. The molecule has 0 spiro atoms. The van der Waals surface area contributed by atoms with Gasteiger partial charge in [0.15, 0.2) is 15.6 Å². The second kappa shape index (κ2) is 5.30. The average molecular weight is 316 g/mol. The van der Waals surface area contributed by atoms with Gasteiger partial charge in [0.05, 0.1) is 15.6 Å². The van der Waals surface area contributed by atoms with Gasteiger partial charge >= 0.3 is 0 Å². The van der Waals surface area contributed by atoms with Crippen LogP contribution in [0, 0.1) is 5.82 Å². The lowest BCUT2D eigenvalue weighted by Crippen LogP contribution is -1.98. The van der Waals surface area contributed by atoms with Crippen molar-refractivity contribution < 1.29 is 17.5 Å². The van der Waals surface area contributed by atoms with Crippen LogP contribution in [-0.2, 0) is 9.84 Å². The maximum absolute atomic E-state index is 13.4. The molecule has 0 aromatic heterocycles. The molecule has 0 aliphatic carbocycles. The molecule has 0 saturated carbocycles. The molecule has 2 rings (SSSR count). The van der Waals surface area contributed by atoms with Crippen LogP contribution in [0.2, 0.25) is 5.02 Å². The largest absolute Gasteiger partial charge is 0.455 e. The standard InChI is InChI=1S/C13H11ClFNO3S/c1-20(17,18)9-4-2-3-8(5-9)19-13-7-11(15)10(14)6-12(13)16/h2-7H,16H2,1H3. The molecular formula is C13H11ClFNO3S. The number of halogens is 2. The van der Waals surface area contributed by atoms with E-state index in [9.17, 15) is 12.8 Å². The summed E-state index contributed by atoms with van der Waals surface area (Å²) in [6.07, 6.45) is 1.09. The smallest absolute Gasteiger partial charge is 0.175 e. The topological polar surface area (TPSA) is 69.4 Å². The zero-order valence-electron chi connectivity index (χ0n) is 10.4. The molecule has 0 fully saturated rings. The first-order valence-corrected chi connectivity index (χ1v) is 7.77. The lowest BCUT2D eigenvalue weighted by atomic mass is 10.3. The zero-order chi connectivity index (χ0) is 14.9. The average Bonchev–Trinajstić information content (AvgIpc) is 2.35. The molecule has 0 unspecified atom stereocenters. The maximum Gasteiger partial charge on any atom is 0.175 e. The maximum atomic E-state index is 13.4. The normalized spacial score (nSPS) is 11.3.